The topological polar surface area (TPSA) is 64.3 Å². The van der Waals surface area contributed by atoms with Crippen LogP contribution in [0.1, 0.15) is 65.2 Å². The van der Waals surface area contributed by atoms with E-state index in [0.717, 1.165) is 38.2 Å². The van der Waals surface area contributed by atoms with E-state index in [1.165, 1.54) is 25.7 Å². The third-order valence-corrected chi connectivity index (χ3v) is 4.78. The zero-order valence-corrected chi connectivity index (χ0v) is 13.0. The number of hydrogen-bond donors (Lipinski definition) is 2. The summed E-state index contributed by atoms with van der Waals surface area (Å²) >= 11 is 0. The first-order valence-electron chi connectivity index (χ1n) is 8.21. The molecule has 2 atom stereocenters. The van der Waals surface area contributed by atoms with Gasteiger partial charge in [0.2, 0.25) is 5.91 Å². The Kier molecular flexibility index (Phi) is 5.44. The fourth-order valence-electron chi connectivity index (χ4n) is 3.79. The molecule has 2 aliphatic rings. The van der Waals surface area contributed by atoms with Crippen LogP contribution in [0.5, 0.6) is 0 Å². The van der Waals surface area contributed by atoms with Gasteiger partial charge in [-0.1, -0.05) is 12.8 Å². The summed E-state index contributed by atoms with van der Waals surface area (Å²) in [6, 6.07) is 0.260. The van der Waals surface area contributed by atoms with Crippen molar-refractivity contribution < 1.29 is 9.53 Å². The first kappa shape index (κ1) is 15.8. The Hall–Kier alpha value is -0.610. The average Bonchev–Trinajstić information content (AvgIpc) is 2.89. The maximum Gasteiger partial charge on any atom is 0.237 e. The van der Waals surface area contributed by atoms with E-state index in [1.54, 1.807) is 0 Å². The molecule has 2 unspecified atom stereocenters. The Labute approximate surface area is 122 Å². The lowest BCUT2D eigenvalue weighted by Gasteiger charge is -2.40. The molecule has 2 rings (SSSR count). The predicted molar refractivity (Wildman–Crippen MR) is 80.4 cm³/mol. The van der Waals surface area contributed by atoms with Crippen molar-refractivity contribution in [3.63, 3.8) is 0 Å². The highest BCUT2D eigenvalue weighted by atomic mass is 16.5. The van der Waals surface area contributed by atoms with E-state index in [2.05, 4.69) is 19.2 Å². The Morgan fingerprint density at radius 2 is 2.00 bits per heavy atom. The van der Waals surface area contributed by atoms with Crippen LogP contribution in [-0.2, 0) is 9.53 Å². The molecule has 1 amide bonds. The first-order chi connectivity index (χ1) is 9.52. The first-order valence-corrected chi connectivity index (χ1v) is 8.21. The number of hydrogen-bond acceptors (Lipinski definition) is 3. The lowest BCUT2D eigenvalue weighted by atomic mass is 9.79. The van der Waals surface area contributed by atoms with Gasteiger partial charge in [0.15, 0.2) is 0 Å². The molecule has 0 heterocycles. The molecule has 0 spiro atoms. The van der Waals surface area contributed by atoms with Crippen molar-refractivity contribution in [2.45, 2.75) is 82.9 Å². The number of primary amides is 1. The highest BCUT2D eigenvalue weighted by Crippen LogP contribution is 2.32. The molecule has 4 nitrogen and oxygen atoms in total. The van der Waals surface area contributed by atoms with Gasteiger partial charge in [-0.3, -0.25) is 4.79 Å². The van der Waals surface area contributed by atoms with E-state index in [0.29, 0.717) is 0 Å². The maximum atomic E-state index is 11.9. The Bertz CT molecular complexity index is 326. The van der Waals surface area contributed by atoms with Gasteiger partial charge in [0, 0.05) is 19.1 Å². The van der Waals surface area contributed by atoms with Crippen molar-refractivity contribution >= 4 is 5.91 Å². The van der Waals surface area contributed by atoms with E-state index in [4.69, 9.17) is 10.5 Å². The summed E-state index contributed by atoms with van der Waals surface area (Å²) in [6.07, 6.45) is 9.12. The molecule has 4 heteroatoms. The molecule has 0 radical (unpaired) electrons. The minimum atomic E-state index is -0.563. The second kappa shape index (κ2) is 6.90. The largest absolute Gasteiger partial charge is 0.378 e. The van der Waals surface area contributed by atoms with Gasteiger partial charge in [-0.2, -0.15) is 0 Å². The fraction of sp³-hybridized carbons (Fsp3) is 0.938. The van der Waals surface area contributed by atoms with E-state index < -0.39 is 5.54 Å². The van der Waals surface area contributed by atoms with Crippen LogP contribution in [0.25, 0.3) is 0 Å². The monoisotopic (exact) mass is 282 g/mol. The van der Waals surface area contributed by atoms with E-state index >= 15 is 0 Å². The average molecular weight is 282 g/mol. The van der Waals surface area contributed by atoms with E-state index in [-0.39, 0.29) is 18.1 Å². The number of carbonyl (C=O) groups excluding carboxylic acids is 1. The summed E-state index contributed by atoms with van der Waals surface area (Å²) in [7, 11) is 0. The van der Waals surface area contributed by atoms with Crippen LogP contribution < -0.4 is 11.1 Å². The SMILES string of the molecule is CC(C)NC1(C(N)=O)CCCC(OCC2CCCC2)C1. The molecule has 0 aromatic carbocycles. The van der Waals surface area contributed by atoms with Crippen LogP contribution in [-0.4, -0.2) is 30.2 Å². The standard InChI is InChI=1S/C16H30N2O2/c1-12(2)18-16(15(17)19)9-5-8-14(10-16)20-11-13-6-3-4-7-13/h12-14,18H,3-11H2,1-2H3,(H2,17,19). The van der Waals surface area contributed by atoms with Gasteiger partial charge >= 0.3 is 0 Å². The molecular formula is C16H30N2O2. The number of amides is 1. The van der Waals surface area contributed by atoms with Gasteiger partial charge in [-0.25, -0.2) is 0 Å². The Morgan fingerprint density at radius 1 is 1.30 bits per heavy atom. The van der Waals surface area contributed by atoms with Gasteiger partial charge in [0.05, 0.1) is 6.10 Å². The van der Waals surface area contributed by atoms with Crippen LogP contribution in [0.2, 0.25) is 0 Å². The van der Waals surface area contributed by atoms with Gasteiger partial charge in [-0.15, -0.1) is 0 Å². The molecular weight excluding hydrogens is 252 g/mol. The predicted octanol–water partition coefficient (Wildman–Crippen LogP) is 2.36. The highest BCUT2D eigenvalue weighted by Gasteiger charge is 2.42. The summed E-state index contributed by atoms with van der Waals surface area (Å²) < 4.78 is 6.11. The number of rotatable bonds is 6. The fourth-order valence-corrected chi connectivity index (χ4v) is 3.79. The van der Waals surface area contributed by atoms with Crippen molar-refractivity contribution in [3.05, 3.63) is 0 Å². The molecule has 116 valence electrons. The second-order valence-corrected chi connectivity index (χ2v) is 6.95. The van der Waals surface area contributed by atoms with Gasteiger partial charge in [0.25, 0.3) is 0 Å². The molecule has 0 saturated heterocycles. The highest BCUT2D eigenvalue weighted by molar-refractivity contribution is 5.84. The third-order valence-electron chi connectivity index (χ3n) is 4.78. The Morgan fingerprint density at radius 3 is 2.60 bits per heavy atom. The summed E-state index contributed by atoms with van der Waals surface area (Å²) in [4.78, 5) is 11.9. The van der Waals surface area contributed by atoms with Crippen molar-refractivity contribution in [2.24, 2.45) is 11.7 Å². The van der Waals surface area contributed by atoms with Gasteiger partial charge in [-0.05, 0) is 51.9 Å². The van der Waals surface area contributed by atoms with E-state index in [1.807, 2.05) is 0 Å². The smallest absolute Gasteiger partial charge is 0.237 e. The summed E-state index contributed by atoms with van der Waals surface area (Å²) in [6.45, 7) is 4.99. The number of nitrogens with two attached hydrogens (primary N) is 1. The second-order valence-electron chi connectivity index (χ2n) is 6.95. The minimum absolute atomic E-state index is 0.183. The van der Waals surface area contributed by atoms with Crippen LogP contribution in [0.3, 0.4) is 0 Å². The zero-order valence-electron chi connectivity index (χ0n) is 13.0. The third kappa shape index (κ3) is 3.95. The summed E-state index contributed by atoms with van der Waals surface area (Å²) in [5.41, 5.74) is 5.11. The molecule has 0 bridgehead atoms. The normalized spacial score (nSPS) is 31.9. The summed E-state index contributed by atoms with van der Waals surface area (Å²) in [5, 5.41) is 3.40. The summed E-state index contributed by atoms with van der Waals surface area (Å²) in [5.74, 6) is 0.512. The molecule has 2 aliphatic carbocycles. The van der Waals surface area contributed by atoms with Gasteiger partial charge in [0.1, 0.15) is 5.54 Å². The molecule has 2 fully saturated rings. The molecule has 3 N–H and O–H groups in total. The van der Waals surface area contributed by atoms with Crippen LogP contribution in [0.4, 0.5) is 0 Å². The molecule has 0 aliphatic heterocycles. The maximum absolute atomic E-state index is 11.9. The van der Waals surface area contributed by atoms with Crippen molar-refractivity contribution in [3.8, 4) is 0 Å². The molecule has 0 aromatic rings. The van der Waals surface area contributed by atoms with Crippen LogP contribution in [0.15, 0.2) is 0 Å². The lowest BCUT2D eigenvalue weighted by molar-refractivity contribution is -0.129. The molecule has 20 heavy (non-hydrogen) atoms. The van der Waals surface area contributed by atoms with Crippen LogP contribution >= 0.6 is 0 Å². The number of carbonyl (C=O) groups is 1. The molecule has 0 aromatic heterocycles. The van der Waals surface area contributed by atoms with Gasteiger partial charge < -0.3 is 15.8 Å². The van der Waals surface area contributed by atoms with E-state index in [9.17, 15) is 4.79 Å². The zero-order chi connectivity index (χ0) is 14.6. The van der Waals surface area contributed by atoms with Crippen molar-refractivity contribution in [1.82, 2.24) is 5.32 Å². The minimum Gasteiger partial charge on any atom is -0.378 e. The molecule has 2 saturated carbocycles. The number of ether oxygens (including phenoxy) is 1. The van der Waals surface area contributed by atoms with Crippen LogP contribution in [0, 0.1) is 5.92 Å². The van der Waals surface area contributed by atoms with Crippen molar-refractivity contribution in [1.29, 1.82) is 0 Å². The number of nitrogens with one attached hydrogen (secondary N) is 1. The van der Waals surface area contributed by atoms with Crippen molar-refractivity contribution in [2.75, 3.05) is 6.61 Å². The quantitative estimate of drug-likeness (QED) is 0.786. The lowest BCUT2D eigenvalue weighted by Crippen LogP contribution is -2.60. The Balaban J connectivity index is 1.89.